The molecular formula is C27H37FN2O3. The molecule has 2 heterocycles. The highest BCUT2D eigenvalue weighted by atomic mass is 19.1. The van der Waals surface area contributed by atoms with Gasteiger partial charge in [0.1, 0.15) is 19.0 Å². The summed E-state index contributed by atoms with van der Waals surface area (Å²) in [6.45, 7) is 6.73. The smallest absolute Gasteiger partial charge is 0.165 e. The molecule has 0 bridgehead atoms. The highest BCUT2D eigenvalue weighted by Gasteiger charge is 2.31. The maximum absolute atomic E-state index is 13.8. The van der Waals surface area contributed by atoms with E-state index >= 15 is 0 Å². The van der Waals surface area contributed by atoms with Crippen LogP contribution in [0.25, 0.3) is 0 Å². The van der Waals surface area contributed by atoms with Crippen LogP contribution in [0.3, 0.4) is 0 Å². The number of ether oxygens (including phenoxy) is 2. The van der Waals surface area contributed by atoms with Crippen molar-refractivity contribution in [3.05, 3.63) is 59.9 Å². The van der Waals surface area contributed by atoms with Crippen LogP contribution in [0, 0.1) is 5.82 Å². The lowest BCUT2D eigenvalue weighted by Gasteiger charge is -2.27. The van der Waals surface area contributed by atoms with Gasteiger partial charge in [0.15, 0.2) is 11.6 Å². The van der Waals surface area contributed by atoms with Crippen molar-refractivity contribution >= 4 is 0 Å². The first-order valence-electron chi connectivity index (χ1n) is 12.4. The van der Waals surface area contributed by atoms with Gasteiger partial charge < -0.3 is 14.6 Å². The molecule has 2 aromatic carbocycles. The molecule has 1 atom stereocenters. The normalized spacial score (nSPS) is 22.6. The van der Waals surface area contributed by atoms with Crippen LogP contribution in [0.15, 0.2) is 48.5 Å². The molecule has 0 saturated carbocycles. The van der Waals surface area contributed by atoms with Crippen molar-refractivity contribution in [3.8, 4) is 11.5 Å². The van der Waals surface area contributed by atoms with Gasteiger partial charge in [0, 0.05) is 19.6 Å². The molecule has 2 fully saturated rings. The van der Waals surface area contributed by atoms with Gasteiger partial charge in [-0.15, -0.1) is 0 Å². The quantitative estimate of drug-likeness (QED) is 0.603. The van der Waals surface area contributed by atoms with Crippen molar-refractivity contribution in [3.63, 3.8) is 0 Å². The summed E-state index contributed by atoms with van der Waals surface area (Å²) < 4.78 is 25.5. The van der Waals surface area contributed by atoms with Gasteiger partial charge >= 0.3 is 0 Å². The minimum Gasteiger partial charge on any atom is -0.492 e. The van der Waals surface area contributed by atoms with Crippen molar-refractivity contribution in [1.82, 2.24) is 9.80 Å². The van der Waals surface area contributed by atoms with Gasteiger partial charge in [0.2, 0.25) is 0 Å². The summed E-state index contributed by atoms with van der Waals surface area (Å²) in [7, 11) is 0. The van der Waals surface area contributed by atoms with Gasteiger partial charge in [-0.3, -0.25) is 9.80 Å². The zero-order valence-electron chi connectivity index (χ0n) is 19.6. The summed E-state index contributed by atoms with van der Waals surface area (Å²) in [6, 6.07) is 14.7. The van der Waals surface area contributed by atoms with Gasteiger partial charge in [-0.05, 0) is 81.6 Å². The maximum Gasteiger partial charge on any atom is 0.165 e. The van der Waals surface area contributed by atoms with E-state index in [4.69, 9.17) is 9.47 Å². The number of halogens is 1. The van der Waals surface area contributed by atoms with Crippen LogP contribution in [0.2, 0.25) is 0 Å². The van der Waals surface area contributed by atoms with Crippen molar-refractivity contribution in [2.45, 2.75) is 50.7 Å². The monoisotopic (exact) mass is 456 g/mol. The highest BCUT2D eigenvalue weighted by molar-refractivity contribution is 5.28. The van der Waals surface area contributed by atoms with Crippen LogP contribution in [-0.2, 0) is 6.54 Å². The molecule has 2 aromatic rings. The van der Waals surface area contributed by atoms with Crippen LogP contribution < -0.4 is 9.47 Å². The van der Waals surface area contributed by atoms with E-state index in [9.17, 15) is 9.50 Å². The van der Waals surface area contributed by atoms with Gasteiger partial charge in [-0.2, -0.15) is 0 Å². The van der Waals surface area contributed by atoms with Crippen LogP contribution in [0.1, 0.15) is 44.1 Å². The summed E-state index contributed by atoms with van der Waals surface area (Å²) in [5, 5.41) is 11.0. The molecular weight excluding hydrogens is 419 g/mol. The van der Waals surface area contributed by atoms with E-state index in [1.165, 1.54) is 44.0 Å². The van der Waals surface area contributed by atoms with Crippen molar-refractivity contribution in [1.29, 1.82) is 0 Å². The van der Waals surface area contributed by atoms with Crippen molar-refractivity contribution < 1.29 is 19.0 Å². The number of benzene rings is 2. The first-order valence-corrected chi connectivity index (χ1v) is 12.4. The second-order valence-electron chi connectivity index (χ2n) is 9.47. The first-order chi connectivity index (χ1) is 16.1. The standard InChI is InChI=1S/C27H37FN2O3/c28-25-10-2-3-11-26(25)33-22-27(31)12-7-16-30(17-13-27)21-23-8-6-9-24(20-23)32-19-18-29-14-4-1-5-15-29/h2-3,6,8-11,20,31H,1,4-5,7,12-19,21-22H2/t27-/m1/s1. The third kappa shape index (κ3) is 7.42. The zero-order valence-corrected chi connectivity index (χ0v) is 19.6. The van der Waals surface area contributed by atoms with Crippen molar-refractivity contribution in [2.75, 3.05) is 45.9 Å². The predicted molar refractivity (Wildman–Crippen MR) is 128 cm³/mol. The molecule has 6 heteroatoms. The molecule has 4 rings (SSSR count). The van der Waals surface area contributed by atoms with Crippen LogP contribution in [0.5, 0.6) is 11.5 Å². The number of piperidine rings is 1. The molecule has 2 aliphatic rings. The fraction of sp³-hybridized carbons (Fsp3) is 0.556. The SMILES string of the molecule is O[C@]1(COc2ccccc2F)CCCN(Cc2cccc(OCCN3CCCCC3)c2)CC1. The third-order valence-corrected chi connectivity index (χ3v) is 6.77. The molecule has 33 heavy (non-hydrogen) atoms. The average molecular weight is 457 g/mol. The molecule has 0 aliphatic carbocycles. The van der Waals surface area contributed by atoms with E-state index in [1.807, 2.05) is 6.07 Å². The minimum atomic E-state index is -0.934. The van der Waals surface area contributed by atoms with Gasteiger partial charge in [0.05, 0.1) is 5.60 Å². The zero-order chi connectivity index (χ0) is 22.9. The van der Waals surface area contributed by atoms with Crippen LogP contribution in [-0.4, -0.2) is 66.4 Å². The lowest BCUT2D eigenvalue weighted by Crippen LogP contribution is -2.37. The number of hydrogen-bond acceptors (Lipinski definition) is 5. The second-order valence-corrected chi connectivity index (χ2v) is 9.47. The largest absolute Gasteiger partial charge is 0.492 e. The Morgan fingerprint density at radius 2 is 1.67 bits per heavy atom. The summed E-state index contributed by atoms with van der Waals surface area (Å²) in [5.74, 6) is 0.729. The van der Waals surface area contributed by atoms with Gasteiger partial charge in [-0.1, -0.05) is 30.7 Å². The van der Waals surface area contributed by atoms with E-state index in [1.54, 1.807) is 18.2 Å². The lowest BCUT2D eigenvalue weighted by molar-refractivity contribution is -0.0177. The number of hydrogen-bond donors (Lipinski definition) is 1. The molecule has 2 saturated heterocycles. The summed E-state index contributed by atoms with van der Waals surface area (Å²) in [6.07, 6.45) is 6.09. The van der Waals surface area contributed by atoms with Gasteiger partial charge in [0.25, 0.3) is 0 Å². The van der Waals surface area contributed by atoms with E-state index in [0.29, 0.717) is 12.8 Å². The topological polar surface area (TPSA) is 45.2 Å². The molecule has 0 unspecified atom stereocenters. The second kappa shape index (κ2) is 11.8. The Labute approximate surface area is 197 Å². The molecule has 5 nitrogen and oxygen atoms in total. The molecule has 0 radical (unpaired) electrons. The Bertz CT molecular complexity index is 874. The minimum absolute atomic E-state index is 0.113. The Kier molecular flexibility index (Phi) is 8.59. The van der Waals surface area contributed by atoms with E-state index in [2.05, 4.69) is 28.0 Å². The molecule has 0 aromatic heterocycles. The molecule has 2 aliphatic heterocycles. The predicted octanol–water partition coefficient (Wildman–Crippen LogP) is 4.49. The van der Waals surface area contributed by atoms with Crippen LogP contribution >= 0.6 is 0 Å². The Hall–Kier alpha value is -2.15. The first kappa shape index (κ1) is 24.0. The lowest BCUT2D eigenvalue weighted by atomic mass is 9.96. The summed E-state index contributed by atoms with van der Waals surface area (Å²) >= 11 is 0. The number of para-hydroxylation sites is 1. The molecule has 180 valence electrons. The fourth-order valence-corrected chi connectivity index (χ4v) is 4.78. The molecule has 1 N–H and O–H groups in total. The average Bonchev–Trinajstić information content (AvgIpc) is 3.01. The Balaban J connectivity index is 1.24. The third-order valence-electron chi connectivity index (χ3n) is 6.77. The molecule has 0 amide bonds. The summed E-state index contributed by atoms with van der Waals surface area (Å²) in [4.78, 5) is 4.86. The number of aliphatic hydroxyl groups is 1. The summed E-state index contributed by atoms with van der Waals surface area (Å²) in [5.41, 5.74) is 0.287. The van der Waals surface area contributed by atoms with Gasteiger partial charge in [-0.25, -0.2) is 4.39 Å². The highest BCUT2D eigenvalue weighted by Crippen LogP contribution is 2.26. The van der Waals surface area contributed by atoms with E-state index in [0.717, 1.165) is 45.0 Å². The van der Waals surface area contributed by atoms with Crippen molar-refractivity contribution in [2.24, 2.45) is 0 Å². The van der Waals surface area contributed by atoms with Crippen LogP contribution in [0.4, 0.5) is 4.39 Å². The molecule has 0 spiro atoms. The van der Waals surface area contributed by atoms with E-state index < -0.39 is 11.4 Å². The Morgan fingerprint density at radius 3 is 2.52 bits per heavy atom. The number of nitrogens with zero attached hydrogens (tertiary/aromatic N) is 2. The maximum atomic E-state index is 13.8. The fourth-order valence-electron chi connectivity index (χ4n) is 4.78. The number of rotatable bonds is 9. The Morgan fingerprint density at radius 1 is 0.848 bits per heavy atom. The van der Waals surface area contributed by atoms with E-state index in [-0.39, 0.29) is 12.4 Å². The number of likely N-dealkylation sites (tertiary alicyclic amines) is 2.